The van der Waals surface area contributed by atoms with Crippen molar-refractivity contribution in [3.63, 3.8) is 0 Å². The lowest BCUT2D eigenvalue weighted by Gasteiger charge is -2.18. The van der Waals surface area contributed by atoms with Crippen molar-refractivity contribution in [1.82, 2.24) is 5.43 Å². The van der Waals surface area contributed by atoms with Crippen LogP contribution in [0.5, 0.6) is 0 Å². The molecule has 0 aliphatic carbocycles. The number of halogens is 1. The minimum absolute atomic E-state index is 0.0785. The third-order valence-electron chi connectivity index (χ3n) is 3.08. The number of benzene rings is 2. The van der Waals surface area contributed by atoms with Crippen molar-refractivity contribution in [2.24, 2.45) is 5.84 Å². The van der Waals surface area contributed by atoms with Crippen molar-refractivity contribution < 1.29 is 0 Å². The molecule has 3 N–H and O–H groups in total. The smallest absolute Gasteiger partial charge is 0.0724 e. The summed E-state index contributed by atoms with van der Waals surface area (Å²) in [6, 6.07) is 16.1. The maximum atomic E-state index is 6.23. The number of hydrogen-bond donors (Lipinski definition) is 2. The highest BCUT2D eigenvalue weighted by molar-refractivity contribution is 6.31. The van der Waals surface area contributed by atoms with Crippen LogP contribution in [0.4, 0.5) is 0 Å². The predicted molar refractivity (Wildman–Crippen MR) is 76.4 cm³/mol. The average Bonchev–Trinajstić information content (AvgIpc) is 2.42. The van der Waals surface area contributed by atoms with E-state index in [9.17, 15) is 0 Å². The van der Waals surface area contributed by atoms with E-state index in [2.05, 4.69) is 36.6 Å². The Morgan fingerprint density at radius 3 is 2.61 bits per heavy atom. The number of rotatable bonds is 4. The van der Waals surface area contributed by atoms with Gasteiger partial charge in [-0.25, -0.2) is 5.43 Å². The van der Waals surface area contributed by atoms with Gasteiger partial charge in [0.15, 0.2) is 0 Å². The highest BCUT2D eigenvalue weighted by Gasteiger charge is 2.15. The SMILES string of the molecule is CCc1cccc(C(NN)c2ccccc2Cl)c1. The van der Waals surface area contributed by atoms with Gasteiger partial charge in [-0.05, 0) is 29.2 Å². The Morgan fingerprint density at radius 1 is 1.17 bits per heavy atom. The van der Waals surface area contributed by atoms with Crippen LogP contribution in [-0.2, 0) is 6.42 Å². The highest BCUT2D eigenvalue weighted by Crippen LogP contribution is 2.28. The average molecular weight is 261 g/mol. The predicted octanol–water partition coefficient (Wildman–Crippen LogP) is 3.46. The molecule has 0 bridgehead atoms. The monoisotopic (exact) mass is 260 g/mol. The van der Waals surface area contributed by atoms with E-state index in [4.69, 9.17) is 17.4 Å². The fourth-order valence-corrected chi connectivity index (χ4v) is 2.31. The molecule has 2 nitrogen and oxygen atoms in total. The van der Waals surface area contributed by atoms with Crippen molar-refractivity contribution in [2.45, 2.75) is 19.4 Å². The van der Waals surface area contributed by atoms with Crippen LogP contribution < -0.4 is 11.3 Å². The van der Waals surface area contributed by atoms with Crippen molar-refractivity contribution >= 4 is 11.6 Å². The first-order valence-corrected chi connectivity index (χ1v) is 6.43. The lowest BCUT2D eigenvalue weighted by atomic mass is 9.97. The normalized spacial score (nSPS) is 12.4. The number of nitrogens with one attached hydrogen (secondary N) is 1. The first kappa shape index (κ1) is 13.1. The third-order valence-corrected chi connectivity index (χ3v) is 3.42. The topological polar surface area (TPSA) is 38.0 Å². The minimum Gasteiger partial charge on any atom is -0.271 e. The second-order valence-corrected chi connectivity index (χ2v) is 4.63. The van der Waals surface area contributed by atoms with Gasteiger partial charge in [-0.15, -0.1) is 0 Å². The van der Waals surface area contributed by atoms with E-state index >= 15 is 0 Å². The molecule has 3 heteroatoms. The first-order chi connectivity index (χ1) is 8.76. The van der Waals surface area contributed by atoms with Gasteiger partial charge in [0.1, 0.15) is 0 Å². The van der Waals surface area contributed by atoms with Crippen molar-refractivity contribution in [3.8, 4) is 0 Å². The zero-order valence-corrected chi connectivity index (χ0v) is 11.1. The Morgan fingerprint density at radius 2 is 1.94 bits per heavy atom. The lowest BCUT2D eigenvalue weighted by molar-refractivity contribution is 0.636. The molecule has 0 radical (unpaired) electrons. The molecule has 2 aromatic rings. The molecule has 18 heavy (non-hydrogen) atoms. The van der Waals surface area contributed by atoms with Gasteiger partial charge < -0.3 is 0 Å². The molecule has 0 fully saturated rings. The van der Waals surface area contributed by atoms with Gasteiger partial charge in [-0.2, -0.15) is 0 Å². The summed E-state index contributed by atoms with van der Waals surface area (Å²) in [5.74, 6) is 5.69. The van der Waals surface area contributed by atoms with Crippen LogP contribution in [0, 0.1) is 0 Å². The zero-order valence-electron chi connectivity index (χ0n) is 10.4. The van der Waals surface area contributed by atoms with Gasteiger partial charge in [0.2, 0.25) is 0 Å². The van der Waals surface area contributed by atoms with Crippen LogP contribution in [0.1, 0.15) is 29.7 Å². The Balaban J connectivity index is 2.42. The summed E-state index contributed by atoms with van der Waals surface area (Å²) in [7, 11) is 0. The van der Waals surface area contributed by atoms with Gasteiger partial charge in [-0.1, -0.05) is 61.0 Å². The van der Waals surface area contributed by atoms with Crippen molar-refractivity contribution in [3.05, 3.63) is 70.2 Å². The molecule has 2 aromatic carbocycles. The fraction of sp³-hybridized carbons (Fsp3) is 0.200. The lowest BCUT2D eigenvalue weighted by Crippen LogP contribution is -2.29. The first-order valence-electron chi connectivity index (χ1n) is 6.05. The summed E-state index contributed by atoms with van der Waals surface area (Å²) in [4.78, 5) is 0. The molecular weight excluding hydrogens is 244 g/mol. The number of aryl methyl sites for hydroxylation is 1. The van der Waals surface area contributed by atoms with E-state index in [-0.39, 0.29) is 6.04 Å². The maximum absolute atomic E-state index is 6.23. The minimum atomic E-state index is -0.0785. The molecule has 0 saturated heterocycles. The second-order valence-electron chi connectivity index (χ2n) is 4.22. The zero-order chi connectivity index (χ0) is 13.0. The molecule has 94 valence electrons. The largest absolute Gasteiger partial charge is 0.271 e. The molecule has 1 unspecified atom stereocenters. The maximum Gasteiger partial charge on any atom is 0.0724 e. The highest BCUT2D eigenvalue weighted by atomic mass is 35.5. The van der Waals surface area contributed by atoms with Crippen LogP contribution in [0.15, 0.2) is 48.5 Å². The van der Waals surface area contributed by atoms with Crippen LogP contribution in [0.2, 0.25) is 5.02 Å². The molecule has 0 heterocycles. The van der Waals surface area contributed by atoms with Crippen LogP contribution in [-0.4, -0.2) is 0 Å². The fourth-order valence-electron chi connectivity index (χ4n) is 2.07. The number of nitrogens with two attached hydrogens (primary N) is 1. The van der Waals surface area contributed by atoms with Crippen LogP contribution in [0.25, 0.3) is 0 Å². The Kier molecular flexibility index (Phi) is 4.37. The van der Waals surface area contributed by atoms with Gasteiger partial charge in [0.25, 0.3) is 0 Å². The summed E-state index contributed by atoms with van der Waals surface area (Å²) in [5, 5.41) is 0.724. The number of hydrogen-bond acceptors (Lipinski definition) is 2. The summed E-state index contributed by atoms with van der Waals surface area (Å²) in [6.07, 6.45) is 1.01. The molecule has 0 aliphatic rings. The number of hydrazine groups is 1. The van der Waals surface area contributed by atoms with Crippen molar-refractivity contribution in [1.29, 1.82) is 0 Å². The standard InChI is InChI=1S/C15H17ClN2/c1-2-11-6-5-7-12(10-11)15(18-17)13-8-3-4-9-14(13)16/h3-10,15,18H,2,17H2,1H3. The molecule has 1 atom stereocenters. The Labute approximate surface area is 113 Å². The molecule has 2 rings (SSSR count). The molecule has 0 aliphatic heterocycles. The quantitative estimate of drug-likeness (QED) is 0.653. The summed E-state index contributed by atoms with van der Waals surface area (Å²) in [6.45, 7) is 2.14. The van der Waals surface area contributed by atoms with E-state index in [1.807, 2.05) is 24.3 Å². The molecule has 0 aromatic heterocycles. The van der Waals surface area contributed by atoms with E-state index < -0.39 is 0 Å². The Bertz CT molecular complexity index is 525. The summed E-state index contributed by atoms with van der Waals surface area (Å²) >= 11 is 6.23. The molecule has 0 saturated carbocycles. The Hall–Kier alpha value is -1.35. The third kappa shape index (κ3) is 2.72. The van der Waals surface area contributed by atoms with Gasteiger partial charge in [0.05, 0.1) is 6.04 Å². The molecular formula is C15H17ClN2. The van der Waals surface area contributed by atoms with Gasteiger partial charge in [-0.3, -0.25) is 5.84 Å². The molecule has 0 amide bonds. The van der Waals surface area contributed by atoms with Gasteiger partial charge in [0, 0.05) is 5.02 Å². The molecule has 0 spiro atoms. The van der Waals surface area contributed by atoms with E-state index in [1.165, 1.54) is 5.56 Å². The van der Waals surface area contributed by atoms with Crippen LogP contribution in [0.3, 0.4) is 0 Å². The van der Waals surface area contributed by atoms with Crippen molar-refractivity contribution in [2.75, 3.05) is 0 Å². The van der Waals surface area contributed by atoms with E-state index in [0.29, 0.717) is 0 Å². The van der Waals surface area contributed by atoms with Crippen LogP contribution >= 0.6 is 11.6 Å². The summed E-state index contributed by atoms with van der Waals surface area (Å²) < 4.78 is 0. The summed E-state index contributed by atoms with van der Waals surface area (Å²) in [5.41, 5.74) is 6.26. The van der Waals surface area contributed by atoms with E-state index in [0.717, 1.165) is 22.6 Å². The van der Waals surface area contributed by atoms with Gasteiger partial charge >= 0.3 is 0 Å². The van der Waals surface area contributed by atoms with E-state index in [1.54, 1.807) is 0 Å². The second kappa shape index (κ2) is 6.01.